The molecule has 0 amide bonds. The summed E-state index contributed by atoms with van der Waals surface area (Å²) in [5.41, 5.74) is 10.7. The number of nitrogens with zero attached hydrogens (tertiary/aromatic N) is 2. The van der Waals surface area contributed by atoms with Crippen LogP contribution in [0.5, 0.6) is 0 Å². The van der Waals surface area contributed by atoms with Gasteiger partial charge in [-0.15, -0.1) is 0 Å². The highest BCUT2D eigenvalue weighted by Gasteiger charge is 2.16. The smallest absolute Gasteiger partial charge is 0.0662 e. The lowest BCUT2D eigenvalue weighted by Gasteiger charge is -2.10. The van der Waals surface area contributed by atoms with Gasteiger partial charge in [-0.25, -0.2) is 0 Å². The molecule has 1 aromatic carbocycles. The van der Waals surface area contributed by atoms with E-state index in [2.05, 4.69) is 54.8 Å². The van der Waals surface area contributed by atoms with Gasteiger partial charge in [-0.2, -0.15) is 5.10 Å². The van der Waals surface area contributed by atoms with Gasteiger partial charge in [0.2, 0.25) is 0 Å². The van der Waals surface area contributed by atoms with Crippen molar-refractivity contribution in [2.45, 2.75) is 33.2 Å². The summed E-state index contributed by atoms with van der Waals surface area (Å²) in [4.78, 5) is 0. The van der Waals surface area contributed by atoms with Crippen LogP contribution in [0.25, 0.3) is 0 Å². The van der Waals surface area contributed by atoms with Crippen molar-refractivity contribution in [3.05, 3.63) is 52.8 Å². The van der Waals surface area contributed by atoms with E-state index < -0.39 is 0 Å². The van der Waals surface area contributed by atoms with Crippen molar-refractivity contribution in [2.75, 3.05) is 6.54 Å². The Morgan fingerprint density at radius 1 is 1.22 bits per heavy atom. The lowest BCUT2D eigenvalue weighted by molar-refractivity contribution is 0.655. The van der Waals surface area contributed by atoms with Crippen LogP contribution in [0.1, 0.15) is 35.4 Å². The van der Waals surface area contributed by atoms with Gasteiger partial charge in [0.1, 0.15) is 0 Å². The van der Waals surface area contributed by atoms with E-state index in [1.807, 2.05) is 6.07 Å². The zero-order chi connectivity index (χ0) is 13.1. The fraction of sp³-hybridized carbons (Fsp3) is 0.400. The highest BCUT2D eigenvalue weighted by Crippen LogP contribution is 2.22. The van der Waals surface area contributed by atoms with Gasteiger partial charge in [-0.1, -0.05) is 37.3 Å². The van der Waals surface area contributed by atoms with Crippen molar-refractivity contribution in [3.8, 4) is 0 Å². The molecule has 0 saturated heterocycles. The molecule has 0 saturated carbocycles. The number of aromatic nitrogens is 2. The molecule has 96 valence electrons. The first-order valence-electron chi connectivity index (χ1n) is 6.41. The first kappa shape index (κ1) is 12.8. The third-order valence-corrected chi connectivity index (χ3v) is 3.46. The maximum Gasteiger partial charge on any atom is 0.0662 e. The molecule has 1 aromatic heterocycles. The van der Waals surface area contributed by atoms with Crippen LogP contribution in [-0.2, 0) is 6.54 Å². The van der Waals surface area contributed by atoms with E-state index >= 15 is 0 Å². The third kappa shape index (κ3) is 2.46. The Labute approximate surface area is 109 Å². The summed E-state index contributed by atoms with van der Waals surface area (Å²) in [6, 6.07) is 10.4. The maximum atomic E-state index is 5.77. The van der Waals surface area contributed by atoms with Crippen LogP contribution in [0.4, 0.5) is 0 Å². The molecule has 1 unspecified atom stereocenters. The molecule has 1 atom stereocenters. The summed E-state index contributed by atoms with van der Waals surface area (Å²) < 4.78 is 2.08. The zero-order valence-electron chi connectivity index (χ0n) is 11.4. The Balaban J connectivity index is 2.30. The van der Waals surface area contributed by atoms with Crippen LogP contribution in [0.15, 0.2) is 30.3 Å². The second-order valence-corrected chi connectivity index (χ2v) is 4.86. The monoisotopic (exact) mass is 243 g/mol. The van der Waals surface area contributed by atoms with Crippen LogP contribution in [-0.4, -0.2) is 16.3 Å². The predicted molar refractivity (Wildman–Crippen MR) is 74.7 cm³/mol. The van der Waals surface area contributed by atoms with Crippen molar-refractivity contribution < 1.29 is 0 Å². The van der Waals surface area contributed by atoms with E-state index in [0.29, 0.717) is 12.5 Å². The fourth-order valence-electron chi connectivity index (χ4n) is 2.45. The predicted octanol–water partition coefficient (Wildman–Crippen LogP) is 2.61. The lowest BCUT2D eigenvalue weighted by Crippen LogP contribution is -2.11. The van der Waals surface area contributed by atoms with Crippen molar-refractivity contribution in [1.29, 1.82) is 0 Å². The largest absolute Gasteiger partial charge is 0.330 e. The molecular formula is C15H21N3. The van der Waals surface area contributed by atoms with Crippen LogP contribution in [0, 0.1) is 13.8 Å². The van der Waals surface area contributed by atoms with Crippen molar-refractivity contribution >= 4 is 0 Å². The standard InChI is InChI=1S/C15H21N3/c1-11(9-16)15-12(2)17-18(13(15)3)10-14-7-5-4-6-8-14/h4-8,11H,9-10,16H2,1-3H3. The SMILES string of the molecule is Cc1nn(Cc2ccccc2)c(C)c1C(C)CN. The van der Waals surface area contributed by atoms with Gasteiger partial charge in [0.25, 0.3) is 0 Å². The summed E-state index contributed by atoms with van der Waals surface area (Å²) in [6.45, 7) is 7.84. The summed E-state index contributed by atoms with van der Waals surface area (Å²) in [5.74, 6) is 0.370. The average molecular weight is 243 g/mol. The molecule has 3 heteroatoms. The number of benzene rings is 1. The molecule has 2 N–H and O–H groups in total. The average Bonchev–Trinajstić information content (AvgIpc) is 2.65. The molecule has 0 spiro atoms. The first-order chi connectivity index (χ1) is 8.63. The molecule has 0 radical (unpaired) electrons. The maximum absolute atomic E-state index is 5.77. The van der Waals surface area contributed by atoms with E-state index in [0.717, 1.165) is 12.2 Å². The second kappa shape index (κ2) is 5.36. The Morgan fingerprint density at radius 2 is 1.89 bits per heavy atom. The van der Waals surface area contributed by atoms with E-state index in [9.17, 15) is 0 Å². The van der Waals surface area contributed by atoms with Crippen LogP contribution >= 0.6 is 0 Å². The van der Waals surface area contributed by atoms with Gasteiger partial charge in [-0.3, -0.25) is 4.68 Å². The minimum atomic E-state index is 0.370. The Bertz CT molecular complexity index is 514. The molecular weight excluding hydrogens is 222 g/mol. The molecule has 18 heavy (non-hydrogen) atoms. The molecule has 0 aliphatic rings. The number of aryl methyl sites for hydroxylation is 1. The minimum absolute atomic E-state index is 0.370. The van der Waals surface area contributed by atoms with Gasteiger partial charge >= 0.3 is 0 Å². The molecule has 0 fully saturated rings. The normalized spacial score (nSPS) is 12.7. The van der Waals surface area contributed by atoms with Crippen LogP contribution < -0.4 is 5.73 Å². The Kier molecular flexibility index (Phi) is 3.82. The molecule has 2 aromatic rings. The van der Waals surface area contributed by atoms with Gasteiger partial charge in [-0.05, 0) is 31.9 Å². The summed E-state index contributed by atoms with van der Waals surface area (Å²) in [7, 11) is 0. The Hall–Kier alpha value is -1.61. The summed E-state index contributed by atoms with van der Waals surface area (Å²) in [6.07, 6.45) is 0. The van der Waals surface area contributed by atoms with E-state index in [-0.39, 0.29) is 0 Å². The quantitative estimate of drug-likeness (QED) is 0.897. The van der Waals surface area contributed by atoms with Crippen molar-refractivity contribution in [3.63, 3.8) is 0 Å². The Morgan fingerprint density at radius 3 is 2.50 bits per heavy atom. The van der Waals surface area contributed by atoms with E-state index in [1.165, 1.54) is 16.8 Å². The first-order valence-corrected chi connectivity index (χ1v) is 6.41. The van der Waals surface area contributed by atoms with Crippen LogP contribution in [0.2, 0.25) is 0 Å². The molecule has 2 rings (SSSR count). The second-order valence-electron chi connectivity index (χ2n) is 4.86. The highest BCUT2D eigenvalue weighted by molar-refractivity contribution is 5.29. The zero-order valence-corrected chi connectivity index (χ0v) is 11.4. The van der Waals surface area contributed by atoms with Crippen molar-refractivity contribution in [1.82, 2.24) is 9.78 Å². The number of rotatable bonds is 4. The molecule has 0 aliphatic heterocycles. The number of hydrogen-bond donors (Lipinski definition) is 1. The van der Waals surface area contributed by atoms with Gasteiger partial charge in [0, 0.05) is 11.3 Å². The number of hydrogen-bond acceptors (Lipinski definition) is 2. The molecule has 3 nitrogen and oxygen atoms in total. The highest BCUT2D eigenvalue weighted by atomic mass is 15.3. The van der Waals surface area contributed by atoms with E-state index in [1.54, 1.807) is 0 Å². The minimum Gasteiger partial charge on any atom is -0.330 e. The lowest BCUT2D eigenvalue weighted by atomic mass is 9.99. The van der Waals surface area contributed by atoms with Gasteiger partial charge < -0.3 is 5.73 Å². The summed E-state index contributed by atoms with van der Waals surface area (Å²) in [5, 5.41) is 4.64. The van der Waals surface area contributed by atoms with Gasteiger partial charge in [0.15, 0.2) is 0 Å². The van der Waals surface area contributed by atoms with E-state index in [4.69, 9.17) is 5.73 Å². The third-order valence-electron chi connectivity index (χ3n) is 3.46. The topological polar surface area (TPSA) is 43.8 Å². The van der Waals surface area contributed by atoms with Crippen LogP contribution in [0.3, 0.4) is 0 Å². The summed E-state index contributed by atoms with van der Waals surface area (Å²) >= 11 is 0. The van der Waals surface area contributed by atoms with Crippen molar-refractivity contribution in [2.24, 2.45) is 5.73 Å². The number of nitrogens with two attached hydrogens (primary N) is 1. The molecule has 0 aliphatic carbocycles. The molecule has 0 bridgehead atoms. The fourth-order valence-corrected chi connectivity index (χ4v) is 2.45. The van der Waals surface area contributed by atoms with Gasteiger partial charge in [0.05, 0.1) is 12.2 Å². The molecule has 1 heterocycles.